The van der Waals surface area contributed by atoms with Crippen LogP contribution in [0.15, 0.2) is 40.7 Å². The average molecular weight is 318 g/mol. The first kappa shape index (κ1) is 17.9. The number of hydrogen-bond donors (Lipinski definition) is 2. The lowest BCUT2D eigenvalue weighted by atomic mass is 10.00. The van der Waals surface area contributed by atoms with Crippen LogP contribution in [0.1, 0.15) is 24.9 Å². The fraction of sp³-hybridized carbons (Fsp3) is 0.462. The molecule has 0 spiro atoms. The van der Waals surface area contributed by atoms with Gasteiger partial charge in [-0.05, 0) is 12.0 Å². The van der Waals surface area contributed by atoms with Crippen LogP contribution in [0.25, 0.3) is 0 Å². The molecule has 0 saturated heterocycles. The summed E-state index contributed by atoms with van der Waals surface area (Å²) in [7, 11) is 0. The zero-order valence-electron chi connectivity index (χ0n) is 11.9. The highest BCUT2D eigenvalue weighted by molar-refractivity contribution is 5.36. The summed E-state index contributed by atoms with van der Waals surface area (Å²) in [5, 5.41) is 6.94. The summed E-state index contributed by atoms with van der Waals surface area (Å²) >= 11 is 0. The molecule has 1 aliphatic rings. The van der Waals surface area contributed by atoms with Crippen molar-refractivity contribution in [3.63, 3.8) is 0 Å². The van der Waals surface area contributed by atoms with Crippen molar-refractivity contribution in [3.05, 3.63) is 35.9 Å². The number of nitrogens with zero attached hydrogens (tertiary/aromatic N) is 2. The van der Waals surface area contributed by atoms with Gasteiger partial charge in [0.2, 0.25) is 0 Å². The minimum atomic E-state index is -4.38. The van der Waals surface area contributed by atoms with E-state index in [2.05, 4.69) is 20.5 Å². The summed E-state index contributed by atoms with van der Waals surface area (Å²) in [5.41, 5.74) is 4.58. The zero-order chi connectivity index (χ0) is 16.4. The Morgan fingerprint density at radius 3 is 2.50 bits per heavy atom. The summed E-state index contributed by atoms with van der Waals surface area (Å²) in [6.07, 6.45) is -3.48. The van der Waals surface area contributed by atoms with Gasteiger partial charge in [-0.15, -0.1) is 0 Å². The minimum absolute atomic E-state index is 0.462. The standard InChI is InChI=1S/C9H9F3N4.C4H8O2/c10-9(11,12)8-7(13-15-16-14-8)6-4-2-1-3-5-6;1-2-3-6-4-5/h1-5,7-8H,(H,13,16)(H,14,15);4H,2-3H2,1H3. The Bertz CT molecular complexity index is 468. The van der Waals surface area contributed by atoms with E-state index in [0.717, 1.165) is 6.42 Å². The SMILES string of the molecule is CCCOC=O.FC(F)(F)C1NNN=NC1c1ccccc1. The molecule has 22 heavy (non-hydrogen) atoms. The highest BCUT2D eigenvalue weighted by Crippen LogP contribution is 2.33. The van der Waals surface area contributed by atoms with Gasteiger partial charge in [0.1, 0.15) is 6.04 Å². The van der Waals surface area contributed by atoms with E-state index in [1.807, 2.05) is 12.5 Å². The number of benzene rings is 1. The number of alkyl halides is 3. The second kappa shape index (κ2) is 8.98. The number of ether oxygens (including phenoxy) is 1. The van der Waals surface area contributed by atoms with Gasteiger partial charge < -0.3 is 4.74 Å². The Labute approximate surface area is 125 Å². The summed E-state index contributed by atoms with van der Waals surface area (Å²) in [6, 6.07) is 5.43. The average Bonchev–Trinajstić information content (AvgIpc) is 2.53. The number of hydrazine groups is 1. The third-order valence-electron chi connectivity index (χ3n) is 2.65. The molecule has 0 aliphatic carbocycles. The van der Waals surface area contributed by atoms with Gasteiger partial charge in [-0.1, -0.05) is 42.5 Å². The van der Waals surface area contributed by atoms with Crippen molar-refractivity contribution >= 4 is 6.47 Å². The first-order valence-corrected chi connectivity index (χ1v) is 6.58. The number of carbonyl (C=O) groups excluding carboxylic acids is 1. The predicted octanol–water partition coefficient (Wildman–Crippen LogP) is 2.70. The molecule has 9 heteroatoms. The summed E-state index contributed by atoms with van der Waals surface area (Å²) in [6.45, 7) is 2.95. The molecule has 2 unspecified atom stereocenters. The molecule has 1 aromatic carbocycles. The lowest BCUT2D eigenvalue weighted by Gasteiger charge is -2.28. The maximum absolute atomic E-state index is 12.7. The number of halogens is 3. The van der Waals surface area contributed by atoms with Gasteiger partial charge in [-0.3, -0.25) is 4.79 Å². The second-order valence-electron chi connectivity index (χ2n) is 4.31. The third kappa shape index (κ3) is 5.68. The van der Waals surface area contributed by atoms with Gasteiger partial charge in [-0.25, -0.2) is 11.0 Å². The van der Waals surface area contributed by atoms with Gasteiger partial charge in [0.25, 0.3) is 6.47 Å². The minimum Gasteiger partial charge on any atom is -0.468 e. The Balaban J connectivity index is 0.000000346. The number of rotatable bonds is 4. The smallest absolute Gasteiger partial charge is 0.408 e. The van der Waals surface area contributed by atoms with Crippen LogP contribution in [0.3, 0.4) is 0 Å². The molecule has 0 bridgehead atoms. The van der Waals surface area contributed by atoms with E-state index in [9.17, 15) is 18.0 Å². The van der Waals surface area contributed by atoms with Crippen LogP contribution in [-0.4, -0.2) is 25.3 Å². The number of hydrogen-bond acceptors (Lipinski definition) is 6. The van der Waals surface area contributed by atoms with Gasteiger partial charge >= 0.3 is 6.18 Å². The van der Waals surface area contributed by atoms with Crippen molar-refractivity contribution in [1.82, 2.24) is 11.0 Å². The molecule has 2 rings (SSSR count). The van der Waals surface area contributed by atoms with E-state index in [4.69, 9.17) is 0 Å². The molecule has 6 nitrogen and oxygen atoms in total. The molecule has 122 valence electrons. The van der Waals surface area contributed by atoms with Gasteiger partial charge in [0.15, 0.2) is 6.04 Å². The van der Waals surface area contributed by atoms with Gasteiger partial charge in [0, 0.05) is 0 Å². The van der Waals surface area contributed by atoms with E-state index >= 15 is 0 Å². The van der Waals surface area contributed by atoms with E-state index in [0.29, 0.717) is 18.6 Å². The molecule has 2 N–H and O–H groups in total. The fourth-order valence-corrected chi connectivity index (χ4v) is 1.67. The van der Waals surface area contributed by atoms with Crippen molar-refractivity contribution < 1.29 is 22.7 Å². The van der Waals surface area contributed by atoms with Crippen molar-refractivity contribution in [2.45, 2.75) is 31.6 Å². The van der Waals surface area contributed by atoms with Crippen molar-refractivity contribution in [3.8, 4) is 0 Å². The Morgan fingerprint density at radius 1 is 1.32 bits per heavy atom. The fourth-order valence-electron chi connectivity index (χ4n) is 1.67. The van der Waals surface area contributed by atoms with Crippen LogP contribution in [-0.2, 0) is 9.53 Å². The number of nitrogens with one attached hydrogen (secondary N) is 2. The summed E-state index contributed by atoms with van der Waals surface area (Å²) < 4.78 is 42.3. The molecule has 1 aliphatic heterocycles. The Kier molecular flexibility index (Phi) is 7.30. The topological polar surface area (TPSA) is 75.1 Å². The van der Waals surface area contributed by atoms with Crippen LogP contribution in [0.2, 0.25) is 0 Å². The molecular formula is C13H17F3N4O2. The summed E-state index contributed by atoms with van der Waals surface area (Å²) in [5.74, 6) is 0. The lowest BCUT2D eigenvalue weighted by Crippen LogP contribution is -2.52. The van der Waals surface area contributed by atoms with Gasteiger partial charge in [0.05, 0.1) is 6.61 Å². The van der Waals surface area contributed by atoms with Crippen LogP contribution in [0.4, 0.5) is 13.2 Å². The first-order chi connectivity index (χ1) is 10.5. The maximum Gasteiger partial charge on any atom is 0.408 e. The highest BCUT2D eigenvalue weighted by Gasteiger charge is 2.47. The molecule has 0 amide bonds. The van der Waals surface area contributed by atoms with E-state index in [-0.39, 0.29) is 0 Å². The van der Waals surface area contributed by atoms with E-state index in [1.54, 1.807) is 30.3 Å². The predicted molar refractivity (Wildman–Crippen MR) is 72.5 cm³/mol. The summed E-state index contributed by atoms with van der Waals surface area (Å²) in [4.78, 5) is 9.34. The van der Waals surface area contributed by atoms with Crippen molar-refractivity contribution in [2.75, 3.05) is 6.61 Å². The molecule has 0 aromatic heterocycles. The van der Waals surface area contributed by atoms with Crippen molar-refractivity contribution in [1.29, 1.82) is 0 Å². The maximum atomic E-state index is 12.7. The molecule has 2 atom stereocenters. The Hall–Kier alpha value is -2.16. The number of carbonyl (C=O) groups is 1. The zero-order valence-corrected chi connectivity index (χ0v) is 11.9. The van der Waals surface area contributed by atoms with Gasteiger partial charge in [-0.2, -0.15) is 18.3 Å². The normalized spacial score (nSPS) is 20.4. The molecule has 1 heterocycles. The first-order valence-electron chi connectivity index (χ1n) is 6.58. The van der Waals surface area contributed by atoms with Crippen LogP contribution >= 0.6 is 0 Å². The van der Waals surface area contributed by atoms with Crippen LogP contribution < -0.4 is 11.0 Å². The molecule has 1 aromatic rings. The lowest BCUT2D eigenvalue weighted by molar-refractivity contribution is -0.167. The van der Waals surface area contributed by atoms with E-state index < -0.39 is 18.3 Å². The van der Waals surface area contributed by atoms with Crippen LogP contribution in [0.5, 0.6) is 0 Å². The molecule has 0 radical (unpaired) electrons. The molecular weight excluding hydrogens is 301 g/mol. The monoisotopic (exact) mass is 318 g/mol. The third-order valence-corrected chi connectivity index (χ3v) is 2.65. The van der Waals surface area contributed by atoms with Crippen LogP contribution in [0, 0.1) is 0 Å². The molecule has 0 saturated carbocycles. The molecule has 0 fully saturated rings. The quantitative estimate of drug-likeness (QED) is 0.661. The van der Waals surface area contributed by atoms with Crippen molar-refractivity contribution in [2.24, 2.45) is 10.3 Å². The second-order valence-corrected chi connectivity index (χ2v) is 4.31. The largest absolute Gasteiger partial charge is 0.468 e. The highest BCUT2D eigenvalue weighted by atomic mass is 19.4. The Morgan fingerprint density at radius 2 is 2.00 bits per heavy atom. The van der Waals surface area contributed by atoms with E-state index in [1.165, 1.54) is 0 Å².